The number of benzene rings is 2. The van der Waals surface area contributed by atoms with Crippen molar-refractivity contribution in [2.45, 2.75) is 21.5 Å². The minimum Gasteiger partial charge on any atom is -0.339 e. The summed E-state index contributed by atoms with van der Waals surface area (Å²) >= 11 is 1.53. The number of carbonyl (C=O) groups excluding carboxylic acids is 1. The van der Waals surface area contributed by atoms with Crippen molar-refractivity contribution in [2.75, 3.05) is 26.2 Å². The van der Waals surface area contributed by atoms with E-state index in [1.165, 1.54) is 11.8 Å². The molecule has 9 heteroatoms. The summed E-state index contributed by atoms with van der Waals surface area (Å²) in [4.78, 5) is 14.9. The Bertz CT molecular complexity index is 997. The summed E-state index contributed by atoms with van der Waals surface area (Å²) < 4.78 is 53.7. The summed E-state index contributed by atoms with van der Waals surface area (Å²) in [6.45, 7) is 0.549. The molecule has 148 valence electrons. The number of thioether (sulfide) groups is 1. The van der Waals surface area contributed by atoms with Crippen LogP contribution in [0.25, 0.3) is 0 Å². The van der Waals surface area contributed by atoms with Crippen LogP contribution in [-0.2, 0) is 21.2 Å². The zero-order valence-corrected chi connectivity index (χ0v) is 16.5. The van der Waals surface area contributed by atoms with E-state index in [0.717, 1.165) is 26.9 Å². The molecule has 0 aromatic heterocycles. The maximum Gasteiger partial charge on any atom is 0.246 e. The summed E-state index contributed by atoms with van der Waals surface area (Å²) in [5.74, 6) is -1.82. The third kappa shape index (κ3) is 3.54. The first kappa shape index (κ1) is 19.4. The Balaban J connectivity index is 1.42. The molecule has 2 aliphatic heterocycles. The molecule has 2 aliphatic rings. The monoisotopic (exact) mass is 424 g/mol. The Morgan fingerprint density at radius 3 is 2.46 bits per heavy atom. The smallest absolute Gasteiger partial charge is 0.246 e. The van der Waals surface area contributed by atoms with Crippen LogP contribution >= 0.6 is 11.8 Å². The Kier molecular flexibility index (Phi) is 5.15. The molecule has 5 nitrogen and oxygen atoms in total. The van der Waals surface area contributed by atoms with Gasteiger partial charge < -0.3 is 4.90 Å². The van der Waals surface area contributed by atoms with Crippen molar-refractivity contribution >= 4 is 27.7 Å². The van der Waals surface area contributed by atoms with Gasteiger partial charge in [-0.25, -0.2) is 17.2 Å². The molecular formula is C19H18F2N2O3S2. The number of amides is 1. The van der Waals surface area contributed by atoms with Crippen LogP contribution in [0.1, 0.15) is 5.56 Å². The lowest BCUT2D eigenvalue weighted by atomic mass is 10.1. The van der Waals surface area contributed by atoms with Gasteiger partial charge in [0, 0.05) is 31.1 Å². The van der Waals surface area contributed by atoms with E-state index in [-0.39, 0.29) is 37.3 Å². The van der Waals surface area contributed by atoms with E-state index in [9.17, 15) is 22.0 Å². The highest BCUT2D eigenvalue weighted by Gasteiger charge is 2.36. The van der Waals surface area contributed by atoms with Gasteiger partial charge >= 0.3 is 0 Å². The van der Waals surface area contributed by atoms with Crippen molar-refractivity contribution in [3.05, 3.63) is 59.7 Å². The van der Waals surface area contributed by atoms with Crippen LogP contribution < -0.4 is 0 Å². The van der Waals surface area contributed by atoms with Crippen molar-refractivity contribution in [3.8, 4) is 0 Å². The van der Waals surface area contributed by atoms with E-state index in [2.05, 4.69) is 0 Å². The summed E-state index contributed by atoms with van der Waals surface area (Å²) in [6, 6.07) is 10.3. The van der Waals surface area contributed by atoms with Gasteiger partial charge in [-0.05, 0) is 36.2 Å². The summed E-state index contributed by atoms with van der Waals surface area (Å²) in [6.07, 6.45) is 0.659. The number of carbonyl (C=O) groups is 1. The van der Waals surface area contributed by atoms with Gasteiger partial charge in [0.15, 0.2) is 0 Å². The first-order chi connectivity index (χ1) is 13.4. The van der Waals surface area contributed by atoms with Crippen LogP contribution in [0.4, 0.5) is 8.78 Å². The van der Waals surface area contributed by atoms with E-state index in [0.29, 0.717) is 12.5 Å². The van der Waals surface area contributed by atoms with Crippen molar-refractivity contribution in [1.29, 1.82) is 0 Å². The number of nitrogens with zero attached hydrogens (tertiary/aromatic N) is 2. The highest BCUT2D eigenvalue weighted by Crippen LogP contribution is 2.37. The van der Waals surface area contributed by atoms with Gasteiger partial charge in [-0.2, -0.15) is 4.31 Å². The van der Waals surface area contributed by atoms with Gasteiger partial charge in [0.1, 0.15) is 16.5 Å². The molecular weight excluding hydrogens is 406 g/mol. The molecule has 28 heavy (non-hydrogen) atoms. The molecule has 2 heterocycles. The van der Waals surface area contributed by atoms with Crippen molar-refractivity contribution in [3.63, 3.8) is 0 Å². The van der Waals surface area contributed by atoms with Gasteiger partial charge in [0.05, 0.1) is 5.25 Å². The summed E-state index contributed by atoms with van der Waals surface area (Å²) in [5.41, 5.74) is 1.15. The maximum absolute atomic E-state index is 13.9. The van der Waals surface area contributed by atoms with Crippen molar-refractivity contribution < 1.29 is 22.0 Å². The molecule has 1 saturated heterocycles. The zero-order chi connectivity index (χ0) is 19.9. The number of hydrogen-bond acceptors (Lipinski definition) is 4. The number of sulfonamides is 1. The van der Waals surface area contributed by atoms with Gasteiger partial charge in [0.2, 0.25) is 15.9 Å². The van der Waals surface area contributed by atoms with E-state index >= 15 is 0 Å². The average Bonchev–Trinajstić information content (AvgIpc) is 3.13. The SMILES string of the molecule is O=C(C1Cc2ccccc2S1)N1CCN(S(=O)(=O)c2cc(F)ccc2F)CC1. The molecule has 0 saturated carbocycles. The molecule has 2 aromatic rings. The Morgan fingerprint density at radius 1 is 1.04 bits per heavy atom. The van der Waals surface area contributed by atoms with Gasteiger partial charge in [0.25, 0.3) is 0 Å². The van der Waals surface area contributed by atoms with Crippen molar-refractivity contribution in [2.24, 2.45) is 0 Å². The van der Waals surface area contributed by atoms with Crippen molar-refractivity contribution in [1.82, 2.24) is 9.21 Å². The second kappa shape index (κ2) is 7.46. The number of fused-ring (bicyclic) bond motifs is 1. The molecule has 4 rings (SSSR count). The topological polar surface area (TPSA) is 57.7 Å². The lowest BCUT2D eigenvalue weighted by Gasteiger charge is -2.35. The number of halogens is 2. The third-order valence-corrected chi connectivity index (χ3v) is 8.20. The second-order valence-electron chi connectivity index (χ2n) is 6.72. The molecule has 1 amide bonds. The van der Waals surface area contributed by atoms with Gasteiger partial charge in [-0.3, -0.25) is 4.79 Å². The minimum absolute atomic E-state index is 0.0183. The maximum atomic E-state index is 13.9. The molecule has 0 N–H and O–H groups in total. The van der Waals surface area contributed by atoms with E-state index in [4.69, 9.17) is 0 Å². The second-order valence-corrected chi connectivity index (χ2v) is 9.87. The number of piperazine rings is 1. The van der Waals surface area contributed by atoms with E-state index in [1.54, 1.807) is 4.90 Å². The standard InChI is InChI=1S/C19H18F2N2O3S2/c20-14-5-6-15(21)18(12-14)28(25,26)23-9-7-22(8-10-23)19(24)17-11-13-3-1-2-4-16(13)27-17/h1-6,12,17H,7-11H2. The fourth-order valence-corrected chi connectivity index (χ4v) is 6.26. The highest BCUT2D eigenvalue weighted by molar-refractivity contribution is 8.01. The summed E-state index contributed by atoms with van der Waals surface area (Å²) in [7, 11) is -4.15. The van der Waals surface area contributed by atoms with Crippen LogP contribution in [0, 0.1) is 11.6 Å². The number of hydrogen-bond donors (Lipinski definition) is 0. The average molecular weight is 424 g/mol. The molecule has 0 spiro atoms. The molecule has 2 aromatic carbocycles. The quantitative estimate of drug-likeness (QED) is 0.760. The van der Waals surface area contributed by atoms with E-state index in [1.807, 2.05) is 24.3 Å². The molecule has 1 fully saturated rings. The fraction of sp³-hybridized carbons (Fsp3) is 0.316. The molecule has 0 bridgehead atoms. The first-order valence-corrected chi connectivity index (χ1v) is 11.2. The van der Waals surface area contributed by atoms with Crippen LogP contribution in [0.5, 0.6) is 0 Å². The van der Waals surface area contributed by atoms with Gasteiger partial charge in [-0.15, -0.1) is 11.8 Å². The Labute approximate surface area is 166 Å². The molecule has 1 atom stereocenters. The lowest BCUT2D eigenvalue weighted by molar-refractivity contribution is -0.131. The Hall–Kier alpha value is -1.97. The van der Waals surface area contributed by atoms with Crippen LogP contribution in [-0.4, -0.2) is 55.0 Å². The molecule has 0 radical (unpaired) electrons. The molecule has 1 unspecified atom stereocenters. The third-order valence-electron chi connectivity index (χ3n) is 4.98. The van der Waals surface area contributed by atoms with Crippen LogP contribution in [0.2, 0.25) is 0 Å². The number of rotatable bonds is 3. The predicted molar refractivity (Wildman–Crippen MR) is 101 cm³/mol. The highest BCUT2D eigenvalue weighted by atomic mass is 32.2. The zero-order valence-electron chi connectivity index (χ0n) is 14.8. The first-order valence-electron chi connectivity index (χ1n) is 8.85. The lowest BCUT2D eigenvalue weighted by Crippen LogP contribution is -2.52. The van der Waals surface area contributed by atoms with Crippen LogP contribution in [0.15, 0.2) is 52.3 Å². The predicted octanol–water partition coefficient (Wildman–Crippen LogP) is 2.51. The minimum atomic E-state index is -4.15. The van der Waals surface area contributed by atoms with E-state index < -0.39 is 26.6 Å². The largest absolute Gasteiger partial charge is 0.339 e. The Morgan fingerprint density at radius 2 is 1.75 bits per heavy atom. The summed E-state index contributed by atoms with van der Waals surface area (Å²) in [5, 5.41) is -0.207. The molecule has 0 aliphatic carbocycles. The fourth-order valence-electron chi connectivity index (χ4n) is 3.49. The normalized spacial score (nSPS) is 20.2. The van der Waals surface area contributed by atoms with Gasteiger partial charge in [-0.1, -0.05) is 18.2 Å². The van der Waals surface area contributed by atoms with Crippen LogP contribution in [0.3, 0.4) is 0 Å².